The van der Waals surface area contributed by atoms with Crippen LogP contribution in [0.3, 0.4) is 0 Å². The maximum absolute atomic E-state index is 12.1. The number of methoxy groups -OCH3 is 2. The second-order valence-corrected chi connectivity index (χ2v) is 4.98. The minimum Gasteiger partial charge on any atom is -0.491 e. The molecule has 0 aliphatic carbocycles. The normalized spacial score (nSPS) is 21.5. The van der Waals surface area contributed by atoms with E-state index in [9.17, 15) is 4.79 Å². The van der Waals surface area contributed by atoms with Gasteiger partial charge in [0.15, 0.2) is 0 Å². The number of nitrogens with two attached hydrogens (primary N) is 1. The van der Waals surface area contributed by atoms with Gasteiger partial charge in [-0.3, -0.25) is 4.79 Å². The van der Waals surface area contributed by atoms with Gasteiger partial charge in [-0.05, 0) is 12.1 Å². The van der Waals surface area contributed by atoms with Crippen molar-refractivity contribution in [3.05, 3.63) is 24.3 Å². The molecule has 1 heterocycles. The standard InChI is InChI=1S/C15H22N2O4/c1-19-13-9-17(10-14(13)20-2)15(18)7-8-21-12-6-4-3-5-11(12)16/h3-6,13-14H,7-10,16H2,1-2H3. The molecule has 0 radical (unpaired) electrons. The smallest absolute Gasteiger partial charge is 0.226 e. The Morgan fingerprint density at radius 1 is 1.24 bits per heavy atom. The lowest BCUT2D eigenvalue weighted by Crippen LogP contribution is -2.31. The summed E-state index contributed by atoms with van der Waals surface area (Å²) in [6, 6.07) is 7.25. The summed E-state index contributed by atoms with van der Waals surface area (Å²) in [5.41, 5.74) is 6.35. The topological polar surface area (TPSA) is 74.0 Å². The molecule has 0 bridgehead atoms. The fraction of sp³-hybridized carbons (Fsp3) is 0.533. The summed E-state index contributed by atoms with van der Waals surface area (Å²) in [7, 11) is 3.26. The van der Waals surface area contributed by atoms with Gasteiger partial charge in [-0.15, -0.1) is 0 Å². The fourth-order valence-corrected chi connectivity index (χ4v) is 2.42. The van der Waals surface area contributed by atoms with Crippen LogP contribution in [0.4, 0.5) is 5.69 Å². The number of anilines is 1. The molecular formula is C15H22N2O4. The number of amides is 1. The maximum Gasteiger partial charge on any atom is 0.226 e. The van der Waals surface area contributed by atoms with Crippen LogP contribution in [-0.4, -0.2) is 56.9 Å². The minimum atomic E-state index is -0.0652. The number of hydrogen-bond acceptors (Lipinski definition) is 5. The van der Waals surface area contributed by atoms with Crippen LogP contribution in [-0.2, 0) is 14.3 Å². The van der Waals surface area contributed by atoms with Gasteiger partial charge < -0.3 is 24.8 Å². The first kappa shape index (κ1) is 15.6. The third-order valence-electron chi connectivity index (χ3n) is 3.67. The predicted octanol–water partition coefficient (Wildman–Crippen LogP) is 0.910. The number of benzene rings is 1. The number of nitrogen functional groups attached to an aromatic ring is 1. The predicted molar refractivity (Wildman–Crippen MR) is 79.1 cm³/mol. The zero-order valence-electron chi connectivity index (χ0n) is 12.5. The van der Waals surface area contributed by atoms with Crippen molar-refractivity contribution in [2.45, 2.75) is 18.6 Å². The largest absolute Gasteiger partial charge is 0.491 e. The van der Waals surface area contributed by atoms with Crippen molar-refractivity contribution in [3.8, 4) is 5.75 Å². The van der Waals surface area contributed by atoms with Crippen molar-refractivity contribution in [2.75, 3.05) is 39.6 Å². The molecular weight excluding hydrogens is 272 g/mol. The van der Waals surface area contributed by atoms with E-state index in [0.29, 0.717) is 37.6 Å². The SMILES string of the molecule is COC1CN(C(=O)CCOc2ccccc2N)CC1OC. The molecule has 1 aromatic carbocycles. The minimum absolute atomic E-state index is 0.0334. The molecule has 2 unspecified atom stereocenters. The van der Waals surface area contributed by atoms with Crippen LogP contribution in [0.2, 0.25) is 0 Å². The van der Waals surface area contributed by atoms with Crippen LogP contribution in [0.1, 0.15) is 6.42 Å². The van der Waals surface area contributed by atoms with E-state index < -0.39 is 0 Å². The Morgan fingerprint density at radius 3 is 2.43 bits per heavy atom. The van der Waals surface area contributed by atoms with Crippen LogP contribution in [0.5, 0.6) is 5.75 Å². The highest BCUT2D eigenvalue weighted by Crippen LogP contribution is 2.20. The Balaban J connectivity index is 1.79. The first-order chi connectivity index (χ1) is 10.2. The second kappa shape index (κ2) is 7.28. The number of carbonyl (C=O) groups is 1. The van der Waals surface area contributed by atoms with Gasteiger partial charge in [0.1, 0.15) is 18.0 Å². The van der Waals surface area contributed by atoms with Crippen molar-refractivity contribution in [1.82, 2.24) is 4.90 Å². The third kappa shape index (κ3) is 3.86. The Labute approximate surface area is 124 Å². The van der Waals surface area contributed by atoms with Crippen LogP contribution >= 0.6 is 0 Å². The zero-order chi connectivity index (χ0) is 15.2. The summed E-state index contributed by atoms with van der Waals surface area (Å²) in [4.78, 5) is 13.9. The van der Waals surface area contributed by atoms with Crippen LogP contribution < -0.4 is 10.5 Å². The summed E-state index contributed by atoms with van der Waals surface area (Å²) in [6.45, 7) is 1.42. The van der Waals surface area contributed by atoms with Gasteiger partial charge in [-0.1, -0.05) is 12.1 Å². The molecule has 1 aliphatic heterocycles. The monoisotopic (exact) mass is 294 g/mol. The van der Waals surface area contributed by atoms with Gasteiger partial charge in [0.05, 0.1) is 18.7 Å². The number of rotatable bonds is 6. The number of carbonyl (C=O) groups excluding carboxylic acids is 1. The van der Waals surface area contributed by atoms with Gasteiger partial charge >= 0.3 is 0 Å². The van der Waals surface area contributed by atoms with Crippen molar-refractivity contribution in [3.63, 3.8) is 0 Å². The average molecular weight is 294 g/mol. The first-order valence-electron chi connectivity index (χ1n) is 6.96. The molecule has 2 atom stereocenters. The highest BCUT2D eigenvalue weighted by molar-refractivity contribution is 5.76. The number of hydrogen-bond donors (Lipinski definition) is 1. The zero-order valence-corrected chi connectivity index (χ0v) is 12.5. The number of nitrogens with zero attached hydrogens (tertiary/aromatic N) is 1. The number of likely N-dealkylation sites (tertiary alicyclic amines) is 1. The molecule has 2 N–H and O–H groups in total. The summed E-state index contributed by atoms with van der Waals surface area (Å²) >= 11 is 0. The summed E-state index contributed by atoms with van der Waals surface area (Å²) in [5, 5.41) is 0. The lowest BCUT2D eigenvalue weighted by Gasteiger charge is -2.16. The van der Waals surface area contributed by atoms with E-state index in [1.165, 1.54) is 0 Å². The van der Waals surface area contributed by atoms with Crippen molar-refractivity contribution in [2.24, 2.45) is 0 Å². The van der Waals surface area contributed by atoms with Crippen molar-refractivity contribution >= 4 is 11.6 Å². The molecule has 6 nitrogen and oxygen atoms in total. The molecule has 1 aliphatic rings. The van der Waals surface area contributed by atoms with Crippen LogP contribution in [0.25, 0.3) is 0 Å². The molecule has 6 heteroatoms. The highest BCUT2D eigenvalue weighted by Gasteiger charge is 2.35. The summed E-state index contributed by atoms with van der Waals surface area (Å²) in [6.07, 6.45) is 0.176. The molecule has 2 rings (SSSR count). The van der Waals surface area contributed by atoms with E-state index in [1.807, 2.05) is 12.1 Å². The number of ether oxygens (including phenoxy) is 3. The molecule has 1 saturated heterocycles. The molecule has 1 aromatic rings. The lowest BCUT2D eigenvalue weighted by molar-refractivity contribution is -0.131. The highest BCUT2D eigenvalue weighted by atomic mass is 16.5. The van der Waals surface area contributed by atoms with E-state index in [0.717, 1.165) is 0 Å². The maximum atomic E-state index is 12.1. The average Bonchev–Trinajstić information content (AvgIpc) is 2.92. The molecule has 21 heavy (non-hydrogen) atoms. The van der Waals surface area contributed by atoms with E-state index in [2.05, 4.69) is 0 Å². The Bertz CT molecular complexity index is 468. The Morgan fingerprint density at radius 2 is 1.86 bits per heavy atom. The third-order valence-corrected chi connectivity index (χ3v) is 3.67. The van der Waals surface area contributed by atoms with E-state index in [1.54, 1.807) is 31.3 Å². The molecule has 0 saturated carbocycles. The molecule has 0 spiro atoms. The fourth-order valence-electron chi connectivity index (χ4n) is 2.42. The molecule has 0 aromatic heterocycles. The second-order valence-electron chi connectivity index (χ2n) is 4.98. The van der Waals surface area contributed by atoms with Crippen LogP contribution in [0.15, 0.2) is 24.3 Å². The molecule has 116 valence electrons. The van der Waals surface area contributed by atoms with E-state index in [-0.39, 0.29) is 18.1 Å². The Kier molecular flexibility index (Phi) is 5.41. The molecule has 1 amide bonds. The van der Waals surface area contributed by atoms with Gasteiger partial charge in [0.2, 0.25) is 5.91 Å². The van der Waals surface area contributed by atoms with Crippen molar-refractivity contribution in [1.29, 1.82) is 0 Å². The first-order valence-corrected chi connectivity index (χ1v) is 6.96. The van der Waals surface area contributed by atoms with Gasteiger partial charge in [-0.25, -0.2) is 0 Å². The lowest BCUT2D eigenvalue weighted by atomic mass is 10.3. The van der Waals surface area contributed by atoms with Crippen molar-refractivity contribution < 1.29 is 19.0 Å². The molecule has 1 fully saturated rings. The van der Waals surface area contributed by atoms with Gasteiger partial charge in [-0.2, -0.15) is 0 Å². The van der Waals surface area contributed by atoms with Gasteiger partial charge in [0, 0.05) is 27.3 Å². The Hall–Kier alpha value is -1.79. The van der Waals surface area contributed by atoms with E-state index >= 15 is 0 Å². The number of para-hydroxylation sites is 2. The van der Waals surface area contributed by atoms with Gasteiger partial charge in [0.25, 0.3) is 0 Å². The summed E-state index contributed by atoms with van der Waals surface area (Å²) in [5.74, 6) is 0.641. The van der Waals surface area contributed by atoms with Crippen LogP contribution in [0, 0.1) is 0 Å². The quantitative estimate of drug-likeness (QED) is 0.789. The summed E-state index contributed by atoms with van der Waals surface area (Å²) < 4.78 is 16.2. The van der Waals surface area contributed by atoms with E-state index in [4.69, 9.17) is 19.9 Å².